The van der Waals surface area contributed by atoms with Crippen LogP contribution in [0.4, 0.5) is 4.39 Å². The lowest BCUT2D eigenvalue weighted by Crippen LogP contribution is -2.45. The highest BCUT2D eigenvalue weighted by atomic mass is 19.1. The van der Waals surface area contributed by atoms with Crippen LogP contribution in [0.5, 0.6) is 0 Å². The van der Waals surface area contributed by atoms with Gasteiger partial charge in [-0.15, -0.1) is 6.58 Å². The molecule has 5 heteroatoms. The largest absolute Gasteiger partial charge is 0.467 e. The molecule has 0 aliphatic heterocycles. The zero-order valence-corrected chi connectivity index (χ0v) is 10.9. The molecule has 1 amide bonds. The molecule has 4 nitrogen and oxygen atoms in total. The Kier molecular flexibility index (Phi) is 5.23. The summed E-state index contributed by atoms with van der Waals surface area (Å²) in [4.78, 5) is 23.5. The third kappa shape index (κ3) is 3.91. The number of ether oxygens (including phenoxy) is 1. The molecule has 0 unspecified atom stereocenters. The number of rotatable bonds is 5. The summed E-state index contributed by atoms with van der Waals surface area (Å²) < 4.78 is 17.4. The van der Waals surface area contributed by atoms with Crippen molar-refractivity contribution in [2.24, 2.45) is 5.92 Å². The van der Waals surface area contributed by atoms with Gasteiger partial charge in [-0.05, 0) is 24.3 Å². The van der Waals surface area contributed by atoms with Crippen molar-refractivity contribution >= 4 is 11.9 Å². The molecule has 19 heavy (non-hydrogen) atoms. The van der Waals surface area contributed by atoms with E-state index in [1.54, 1.807) is 13.0 Å². The molecule has 102 valence electrons. The number of benzene rings is 1. The molecule has 0 aliphatic rings. The average Bonchev–Trinajstić information content (AvgIpc) is 2.43. The summed E-state index contributed by atoms with van der Waals surface area (Å²) in [7, 11) is 1.25. The molecule has 1 rings (SSSR count). The smallest absolute Gasteiger partial charge is 0.328 e. The molecule has 0 saturated heterocycles. The van der Waals surface area contributed by atoms with Crippen molar-refractivity contribution in [1.29, 1.82) is 0 Å². The Morgan fingerprint density at radius 3 is 2.42 bits per heavy atom. The summed E-state index contributed by atoms with van der Waals surface area (Å²) in [5, 5.41) is 2.55. The topological polar surface area (TPSA) is 55.4 Å². The van der Waals surface area contributed by atoms with Gasteiger partial charge in [-0.3, -0.25) is 4.79 Å². The predicted molar refractivity (Wildman–Crippen MR) is 69.0 cm³/mol. The lowest BCUT2D eigenvalue weighted by Gasteiger charge is -2.20. The summed E-state index contributed by atoms with van der Waals surface area (Å²) in [5.41, 5.74) is 0.270. The monoisotopic (exact) mass is 265 g/mol. The molecule has 0 spiro atoms. The van der Waals surface area contributed by atoms with Crippen LogP contribution >= 0.6 is 0 Å². The molecule has 0 bridgehead atoms. The summed E-state index contributed by atoms with van der Waals surface area (Å²) in [6.45, 7) is 5.32. The lowest BCUT2D eigenvalue weighted by molar-refractivity contribution is -0.143. The molecular weight excluding hydrogens is 249 g/mol. The van der Waals surface area contributed by atoms with Crippen molar-refractivity contribution in [2.75, 3.05) is 7.11 Å². The first kappa shape index (κ1) is 14.9. The number of nitrogens with one attached hydrogen (secondary N) is 1. The Morgan fingerprint density at radius 2 is 1.95 bits per heavy atom. The number of amides is 1. The van der Waals surface area contributed by atoms with Gasteiger partial charge in [-0.25, -0.2) is 9.18 Å². The van der Waals surface area contributed by atoms with Crippen molar-refractivity contribution in [3.05, 3.63) is 48.3 Å². The van der Waals surface area contributed by atoms with Crippen molar-refractivity contribution in [2.45, 2.75) is 13.0 Å². The molecule has 0 aliphatic carbocycles. The van der Waals surface area contributed by atoms with E-state index < -0.39 is 23.7 Å². The standard InChI is InChI=1S/C14H16FNO3/c1-4-9(2)12(14(18)19-3)16-13(17)10-5-7-11(15)8-6-10/h4-9,12H,1H2,2-3H3,(H,16,17)/t9-,12+/m0/s1. The lowest BCUT2D eigenvalue weighted by atomic mass is 10.0. The van der Waals surface area contributed by atoms with E-state index in [-0.39, 0.29) is 11.5 Å². The highest BCUT2D eigenvalue weighted by molar-refractivity contribution is 5.96. The van der Waals surface area contributed by atoms with Crippen LogP contribution in [-0.2, 0) is 9.53 Å². The molecule has 0 heterocycles. The Hall–Kier alpha value is -2.17. The SMILES string of the molecule is C=C[C@H](C)[C@@H](NC(=O)c1ccc(F)cc1)C(=O)OC. The van der Waals surface area contributed by atoms with E-state index in [9.17, 15) is 14.0 Å². The summed E-state index contributed by atoms with van der Waals surface area (Å²) in [6.07, 6.45) is 1.55. The van der Waals surface area contributed by atoms with Gasteiger partial charge in [0.15, 0.2) is 0 Å². The fraction of sp³-hybridized carbons (Fsp3) is 0.286. The van der Waals surface area contributed by atoms with E-state index in [1.807, 2.05) is 0 Å². The number of hydrogen-bond donors (Lipinski definition) is 1. The van der Waals surface area contributed by atoms with Crippen LogP contribution < -0.4 is 5.32 Å². The zero-order chi connectivity index (χ0) is 14.4. The van der Waals surface area contributed by atoms with Crippen molar-refractivity contribution in [3.8, 4) is 0 Å². The number of hydrogen-bond acceptors (Lipinski definition) is 3. The highest BCUT2D eigenvalue weighted by Crippen LogP contribution is 2.09. The predicted octanol–water partition coefficient (Wildman–Crippen LogP) is 1.92. The van der Waals surface area contributed by atoms with Gasteiger partial charge in [-0.1, -0.05) is 13.0 Å². The van der Waals surface area contributed by atoms with Crippen LogP contribution in [0, 0.1) is 11.7 Å². The van der Waals surface area contributed by atoms with Crippen molar-refractivity contribution < 1.29 is 18.7 Å². The van der Waals surface area contributed by atoms with Gasteiger partial charge in [0.1, 0.15) is 11.9 Å². The maximum atomic E-state index is 12.8. The number of methoxy groups -OCH3 is 1. The Balaban J connectivity index is 2.84. The summed E-state index contributed by atoms with van der Waals surface area (Å²) >= 11 is 0. The minimum atomic E-state index is -0.819. The Labute approximate surface area is 111 Å². The Bertz CT molecular complexity index is 470. The van der Waals surface area contributed by atoms with Gasteiger partial charge in [-0.2, -0.15) is 0 Å². The van der Waals surface area contributed by atoms with E-state index in [0.29, 0.717) is 0 Å². The minimum Gasteiger partial charge on any atom is -0.467 e. The molecule has 0 saturated carbocycles. The normalized spacial score (nSPS) is 13.2. The molecule has 1 aromatic rings. The third-order valence-electron chi connectivity index (χ3n) is 2.75. The average molecular weight is 265 g/mol. The van der Waals surface area contributed by atoms with Crippen LogP contribution in [0.1, 0.15) is 17.3 Å². The first-order chi connectivity index (χ1) is 8.99. The second-order valence-electron chi connectivity index (χ2n) is 4.08. The second-order valence-corrected chi connectivity index (χ2v) is 4.08. The van der Waals surface area contributed by atoms with Crippen LogP contribution in [-0.4, -0.2) is 25.0 Å². The number of carbonyl (C=O) groups excluding carboxylic acids is 2. The van der Waals surface area contributed by atoms with Gasteiger partial charge in [0.25, 0.3) is 5.91 Å². The maximum Gasteiger partial charge on any atom is 0.328 e. The van der Waals surface area contributed by atoms with Crippen LogP contribution in [0.25, 0.3) is 0 Å². The fourth-order valence-corrected chi connectivity index (χ4v) is 1.49. The van der Waals surface area contributed by atoms with Crippen molar-refractivity contribution in [1.82, 2.24) is 5.32 Å². The van der Waals surface area contributed by atoms with Gasteiger partial charge in [0.05, 0.1) is 7.11 Å². The van der Waals surface area contributed by atoms with E-state index in [4.69, 9.17) is 0 Å². The second kappa shape index (κ2) is 6.68. The molecule has 0 aromatic heterocycles. The summed E-state index contributed by atoms with van der Waals surface area (Å²) in [5.74, 6) is -1.73. The Morgan fingerprint density at radius 1 is 1.37 bits per heavy atom. The van der Waals surface area contributed by atoms with Gasteiger partial charge in [0.2, 0.25) is 0 Å². The minimum absolute atomic E-state index is 0.270. The van der Waals surface area contributed by atoms with Crippen LogP contribution in [0.3, 0.4) is 0 Å². The van der Waals surface area contributed by atoms with E-state index >= 15 is 0 Å². The number of esters is 1. The van der Waals surface area contributed by atoms with Crippen LogP contribution in [0.2, 0.25) is 0 Å². The first-order valence-corrected chi connectivity index (χ1v) is 5.76. The van der Waals surface area contributed by atoms with Gasteiger partial charge >= 0.3 is 5.97 Å². The first-order valence-electron chi connectivity index (χ1n) is 5.76. The molecule has 0 radical (unpaired) electrons. The fourth-order valence-electron chi connectivity index (χ4n) is 1.49. The third-order valence-corrected chi connectivity index (χ3v) is 2.75. The van der Waals surface area contributed by atoms with Gasteiger partial charge in [0, 0.05) is 11.5 Å². The van der Waals surface area contributed by atoms with E-state index in [2.05, 4.69) is 16.6 Å². The van der Waals surface area contributed by atoms with E-state index in [1.165, 1.54) is 31.4 Å². The summed E-state index contributed by atoms with van der Waals surface area (Å²) in [6, 6.07) is 4.23. The van der Waals surface area contributed by atoms with Crippen LogP contribution in [0.15, 0.2) is 36.9 Å². The molecule has 0 fully saturated rings. The number of halogens is 1. The quantitative estimate of drug-likeness (QED) is 0.653. The van der Waals surface area contributed by atoms with Crippen molar-refractivity contribution in [3.63, 3.8) is 0 Å². The zero-order valence-electron chi connectivity index (χ0n) is 10.9. The molecule has 1 aromatic carbocycles. The molecular formula is C14H16FNO3. The molecule has 2 atom stereocenters. The van der Waals surface area contributed by atoms with Gasteiger partial charge < -0.3 is 10.1 Å². The maximum absolute atomic E-state index is 12.8. The highest BCUT2D eigenvalue weighted by Gasteiger charge is 2.26. The number of carbonyl (C=O) groups is 2. The van der Waals surface area contributed by atoms with E-state index in [0.717, 1.165) is 0 Å². The molecule has 1 N–H and O–H groups in total.